The molecule has 88 valence electrons. The van der Waals surface area contributed by atoms with Gasteiger partial charge in [-0.05, 0) is 36.6 Å². The van der Waals surface area contributed by atoms with Gasteiger partial charge in [-0.25, -0.2) is 0 Å². The van der Waals surface area contributed by atoms with Gasteiger partial charge in [0.05, 0.1) is 7.05 Å². The number of carbonyl (C=O) groups excluding carboxylic acids is 1. The van der Waals surface area contributed by atoms with Crippen LogP contribution in [0, 0.1) is 0 Å². The fourth-order valence-corrected chi connectivity index (χ4v) is 2.31. The topological polar surface area (TPSA) is 33.5 Å². The number of likely N-dealkylation sites (N-methyl/N-ethyl adjacent to an activating group) is 1. The molecule has 1 unspecified atom stereocenters. The van der Waals surface area contributed by atoms with Crippen LogP contribution in [0.2, 0.25) is 0 Å². The van der Waals surface area contributed by atoms with Crippen molar-refractivity contribution in [2.75, 3.05) is 7.05 Å². The average Bonchev–Trinajstić information content (AvgIpc) is 2.92. The number of rotatable bonds is 5. The van der Waals surface area contributed by atoms with Crippen LogP contribution in [0.4, 0.5) is 0 Å². The third-order valence-corrected chi connectivity index (χ3v) is 3.85. The highest BCUT2D eigenvalue weighted by Crippen LogP contribution is 2.18. The van der Waals surface area contributed by atoms with E-state index in [-0.39, 0.29) is 11.9 Å². The Bertz CT molecular complexity index is 346. The van der Waals surface area contributed by atoms with E-state index in [1.165, 1.54) is 10.5 Å². The van der Waals surface area contributed by atoms with Gasteiger partial charge in [0.25, 0.3) is 5.91 Å². The molecule has 0 aromatic carbocycles. The van der Waals surface area contributed by atoms with Crippen molar-refractivity contribution < 1.29 is 9.69 Å². The van der Waals surface area contributed by atoms with E-state index < -0.39 is 0 Å². The lowest BCUT2D eigenvalue weighted by Gasteiger charge is -2.20. The lowest BCUT2D eigenvalue weighted by atomic mass is 10.2. The molecule has 0 aliphatic heterocycles. The fourth-order valence-electron chi connectivity index (χ4n) is 1.65. The van der Waals surface area contributed by atoms with E-state index >= 15 is 0 Å². The highest BCUT2D eigenvalue weighted by Gasteiger charge is 2.29. The highest BCUT2D eigenvalue weighted by molar-refractivity contribution is 7.07. The first-order valence-electron chi connectivity index (χ1n) is 5.80. The second-order valence-corrected chi connectivity index (χ2v) is 5.44. The molecule has 1 heterocycles. The first-order chi connectivity index (χ1) is 7.66. The summed E-state index contributed by atoms with van der Waals surface area (Å²) in [5.41, 5.74) is 1.31. The standard InChI is InChI=1S/C12H18N2OS/c1-9(12(15)13-11-3-4-11)14(2)7-10-5-6-16-8-10/h5-6,8-9,11H,3-4,7H2,1-2H3,(H,13,15)/p+1/t9-/m1/s1. The highest BCUT2D eigenvalue weighted by atomic mass is 32.1. The van der Waals surface area contributed by atoms with Gasteiger partial charge in [-0.1, -0.05) is 0 Å². The number of quaternary nitrogens is 1. The zero-order chi connectivity index (χ0) is 11.5. The van der Waals surface area contributed by atoms with Gasteiger partial charge >= 0.3 is 0 Å². The number of hydrogen-bond acceptors (Lipinski definition) is 2. The molecule has 3 nitrogen and oxygen atoms in total. The number of nitrogens with one attached hydrogen (secondary N) is 2. The van der Waals surface area contributed by atoms with Crippen molar-refractivity contribution in [2.45, 2.75) is 38.4 Å². The van der Waals surface area contributed by atoms with Gasteiger partial charge < -0.3 is 10.2 Å². The van der Waals surface area contributed by atoms with Crippen LogP contribution in [0.15, 0.2) is 16.8 Å². The van der Waals surface area contributed by atoms with Gasteiger partial charge in [-0.2, -0.15) is 11.3 Å². The van der Waals surface area contributed by atoms with Gasteiger partial charge in [-0.3, -0.25) is 4.79 Å². The Kier molecular flexibility index (Phi) is 3.61. The Morgan fingerprint density at radius 3 is 3.00 bits per heavy atom. The smallest absolute Gasteiger partial charge is 0.278 e. The summed E-state index contributed by atoms with van der Waals surface area (Å²) >= 11 is 1.71. The van der Waals surface area contributed by atoms with Gasteiger partial charge in [0, 0.05) is 11.6 Å². The predicted octanol–water partition coefficient (Wildman–Crippen LogP) is 0.430. The first-order valence-corrected chi connectivity index (χ1v) is 6.75. The van der Waals surface area contributed by atoms with E-state index in [0.717, 1.165) is 19.4 Å². The Morgan fingerprint density at radius 1 is 1.69 bits per heavy atom. The molecule has 1 saturated carbocycles. The van der Waals surface area contributed by atoms with E-state index in [9.17, 15) is 4.79 Å². The normalized spacial score (nSPS) is 19.1. The van der Waals surface area contributed by atoms with Crippen molar-refractivity contribution in [3.8, 4) is 0 Å². The van der Waals surface area contributed by atoms with Crippen molar-refractivity contribution in [3.05, 3.63) is 22.4 Å². The predicted molar refractivity (Wildman–Crippen MR) is 65.5 cm³/mol. The van der Waals surface area contributed by atoms with E-state index in [4.69, 9.17) is 0 Å². The van der Waals surface area contributed by atoms with E-state index in [1.54, 1.807) is 11.3 Å². The molecule has 4 heteroatoms. The molecule has 1 fully saturated rings. The minimum atomic E-state index is 0.0282. The third-order valence-electron chi connectivity index (χ3n) is 3.12. The molecule has 2 atom stereocenters. The number of hydrogen-bond donors (Lipinski definition) is 2. The summed E-state index contributed by atoms with van der Waals surface area (Å²) in [4.78, 5) is 13.1. The van der Waals surface area contributed by atoms with Gasteiger partial charge in [0.15, 0.2) is 6.04 Å². The summed E-state index contributed by atoms with van der Waals surface area (Å²) in [6.45, 7) is 2.92. The van der Waals surface area contributed by atoms with Gasteiger partial charge in [0.1, 0.15) is 6.54 Å². The average molecular weight is 239 g/mol. The van der Waals surface area contributed by atoms with Crippen LogP contribution in [0.5, 0.6) is 0 Å². The lowest BCUT2D eigenvalue weighted by molar-refractivity contribution is -0.908. The van der Waals surface area contributed by atoms with Crippen LogP contribution in [0.3, 0.4) is 0 Å². The van der Waals surface area contributed by atoms with Crippen molar-refractivity contribution >= 4 is 17.2 Å². The van der Waals surface area contributed by atoms with Crippen molar-refractivity contribution in [1.29, 1.82) is 0 Å². The Hall–Kier alpha value is -0.870. The first kappa shape index (κ1) is 11.6. The molecular formula is C12H19N2OS+. The molecule has 0 saturated heterocycles. The molecule has 2 N–H and O–H groups in total. The summed E-state index contributed by atoms with van der Waals surface area (Å²) < 4.78 is 0. The molecule has 0 radical (unpaired) electrons. The Labute approximate surface area is 100 Å². The van der Waals surface area contributed by atoms with E-state index in [1.807, 2.05) is 6.92 Å². The minimum absolute atomic E-state index is 0.0282. The van der Waals surface area contributed by atoms with Gasteiger partial charge in [0.2, 0.25) is 0 Å². The van der Waals surface area contributed by atoms with Gasteiger partial charge in [-0.15, -0.1) is 0 Å². The van der Waals surface area contributed by atoms with E-state index in [0.29, 0.717) is 6.04 Å². The van der Waals surface area contributed by atoms with Crippen molar-refractivity contribution in [1.82, 2.24) is 5.32 Å². The minimum Gasteiger partial charge on any atom is -0.348 e. The molecule has 0 spiro atoms. The summed E-state index contributed by atoms with van der Waals surface area (Å²) in [6.07, 6.45) is 2.31. The maximum Gasteiger partial charge on any atom is 0.278 e. The molecule has 1 amide bonds. The monoisotopic (exact) mass is 239 g/mol. The second-order valence-electron chi connectivity index (χ2n) is 4.66. The zero-order valence-electron chi connectivity index (χ0n) is 9.82. The molecule has 1 aromatic rings. The van der Waals surface area contributed by atoms with Crippen LogP contribution in [0.1, 0.15) is 25.3 Å². The summed E-state index contributed by atoms with van der Waals surface area (Å²) in [5.74, 6) is 0.190. The van der Waals surface area contributed by atoms with Crippen LogP contribution in [-0.4, -0.2) is 25.0 Å². The van der Waals surface area contributed by atoms with Crippen LogP contribution in [0.25, 0.3) is 0 Å². The summed E-state index contributed by atoms with van der Waals surface area (Å²) in [6, 6.07) is 2.61. The SMILES string of the molecule is C[C@H](C(=O)NC1CC1)[NH+](C)Cc1ccsc1. The molecule has 1 aromatic heterocycles. The maximum absolute atomic E-state index is 11.8. The Morgan fingerprint density at radius 2 is 2.44 bits per heavy atom. The second kappa shape index (κ2) is 4.97. The molecular weight excluding hydrogens is 220 g/mol. The summed E-state index contributed by atoms with van der Waals surface area (Å²) in [7, 11) is 2.08. The fraction of sp³-hybridized carbons (Fsp3) is 0.583. The van der Waals surface area contributed by atoms with Crippen molar-refractivity contribution in [3.63, 3.8) is 0 Å². The molecule has 1 aliphatic rings. The van der Waals surface area contributed by atoms with Crippen LogP contribution >= 0.6 is 11.3 Å². The lowest BCUT2D eigenvalue weighted by Crippen LogP contribution is -3.12. The molecule has 2 rings (SSSR count). The molecule has 0 bridgehead atoms. The quantitative estimate of drug-likeness (QED) is 0.767. The van der Waals surface area contributed by atoms with Crippen LogP contribution in [-0.2, 0) is 11.3 Å². The number of thiophene rings is 1. The molecule has 16 heavy (non-hydrogen) atoms. The summed E-state index contributed by atoms with van der Waals surface area (Å²) in [5, 5.41) is 7.29. The molecule has 1 aliphatic carbocycles. The maximum atomic E-state index is 11.8. The number of carbonyl (C=O) groups is 1. The zero-order valence-corrected chi connectivity index (χ0v) is 10.6. The largest absolute Gasteiger partial charge is 0.348 e. The van der Waals surface area contributed by atoms with Crippen LogP contribution < -0.4 is 10.2 Å². The van der Waals surface area contributed by atoms with Crippen molar-refractivity contribution in [2.24, 2.45) is 0 Å². The Balaban J connectivity index is 1.82. The van der Waals surface area contributed by atoms with E-state index in [2.05, 4.69) is 29.2 Å². The third kappa shape index (κ3) is 3.06. The number of amides is 1.